The van der Waals surface area contributed by atoms with Crippen LogP contribution in [0.4, 0.5) is 0 Å². The molecule has 1 fully saturated rings. The third-order valence-corrected chi connectivity index (χ3v) is 4.00. The highest BCUT2D eigenvalue weighted by Gasteiger charge is 2.33. The van der Waals surface area contributed by atoms with Gasteiger partial charge in [-0.2, -0.15) is 0 Å². The van der Waals surface area contributed by atoms with E-state index in [1.165, 1.54) is 11.1 Å². The SMILES string of the molecule is CCNC1CN(C(c2ccccc2)c2ccccc2)C1. The van der Waals surface area contributed by atoms with Crippen molar-refractivity contribution < 1.29 is 0 Å². The molecule has 1 saturated heterocycles. The van der Waals surface area contributed by atoms with Crippen molar-refractivity contribution in [1.82, 2.24) is 10.2 Å². The molecule has 0 spiro atoms. The minimum atomic E-state index is 0.382. The second-order valence-corrected chi connectivity index (χ2v) is 5.43. The Labute approximate surface area is 121 Å². The maximum Gasteiger partial charge on any atom is 0.0602 e. The summed E-state index contributed by atoms with van der Waals surface area (Å²) in [5.41, 5.74) is 2.77. The number of likely N-dealkylation sites (N-methyl/N-ethyl adjacent to an activating group) is 1. The first kappa shape index (κ1) is 13.3. The summed E-state index contributed by atoms with van der Waals surface area (Å²) in [5, 5.41) is 3.53. The van der Waals surface area contributed by atoms with E-state index in [-0.39, 0.29) is 0 Å². The number of hydrogen-bond donors (Lipinski definition) is 1. The Kier molecular flexibility index (Phi) is 4.14. The topological polar surface area (TPSA) is 15.3 Å². The van der Waals surface area contributed by atoms with E-state index in [0.717, 1.165) is 19.6 Å². The molecule has 2 aromatic rings. The van der Waals surface area contributed by atoms with Crippen LogP contribution in [-0.2, 0) is 0 Å². The Morgan fingerprint density at radius 3 is 1.90 bits per heavy atom. The van der Waals surface area contributed by atoms with Gasteiger partial charge < -0.3 is 5.32 Å². The van der Waals surface area contributed by atoms with Crippen LogP contribution in [0.15, 0.2) is 60.7 Å². The van der Waals surface area contributed by atoms with Gasteiger partial charge in [0.25, 0.3) is 0 Å². The molecule has 0 aromatic heterocycles. The molecule has 0 bridgehead atoms. The smallest absolute Gasteiger partial charge is 0.0602 e. The lowest BCUT2D eigenvalue weighted by atomic mass is 9.93. The van der Waals surface area contributed by atoms with Gasteiger partial charge in [-0.25, -0.2) is 0 Å². The molecule has 0 radical (unpaired) electrons. The molecule has 20 heavy (non-hydrogen) atoms. The van der Waals surface area contributed by atoms with Crippen molar-refractivity contribution in [3.63, 3.8) is 0 Å². The van der Waals surface area contributed by atoms with Crippen molar-refractivity contribution in [2.45, 2.75) is 19.0 Å². The lowest BCUT2D eigenvalue weighted by Gasteiger charge is -2.45. The van der Waals surface area contributed by atoms with Crippen molar-refractivity contribution in [3.05, 3.63) is 71.8 Å². The summed E-state index contributed by atoms with van der Waals surface area (Å²) in [6.07, 6.45) is 0. The maximum absolute atomic E-state index is 3.53. The average molecular weight is 266 g/mol. The molecule has 0 amide bonds. The lowest BCUT2D eigenvalue weighted by Crippen LogP contribution is -2.58. The third kappa shape index (κ3) is 2.77. The predicted octanol–water partition coefficient (Wildman–Crippen LogP) is 3.07. The quantitative estimate of drug-likeness (QED) is 0.894. The van der Waals surface area contributed by atoms with Crippen molar-refractivity contribution in [1.29, 1.82) is 0 Å². The van der Waals surface area contributed by atoms with Crippen molar-refractivity contribution in [2.75, 3.05) is 19.6 Å². The van der Waals surface area contributed by atoms with Gasteiger partial charge in [-0.3, -0.25) is 4.90 Å². The molecule has 0 saturated carbocycles. The number of rotatable bonds is 5. The standard InChI is InChI=1S/C18H22N2/c1-2-19-17-13-20(14-17)18(15-9-5-3-6-10-15)16-11-7-4-8-12-16/h3-12,17-19H,2,13-14H2,1H3. The molecule has 1 N–H and O–H groups in total. The van der Waals surface area contributed by atoms with Gasteiger partial charge in [0.05, 0.1) is 6.04 Å². The molecule has 2 aromatic carbocycles. The highest BCUT2D eigenvalue weighted by molar-refractivity contribution is 5.32. The largest absolute Gasteiger partial charge is 0.312 e. The molecule has 1 heterocycles. The van der Waals surface area contributed by atoms with E-state index >= 15 is 0 Å². The third-order valence-electron chi connectivity index (χ3n) is 4.00. The summed E-state index contributed by atoms with van der Waals surface area (Å²) < 4.78 is 0. The molecule has 2 nitrogen and oxygen atoms in total. The van der Waals surface area contributed by atoms with Crippen LogP contribution in [0.25, 0.3) is 0 Å². The van der Waals surface area contributed by atoms with Crippen LogP contribution < -0.4 is 5.32 Å². The summed E-state index contributed by atoms with van der Waals surface area (Å²) in [6, 6.07) is 22.7. The second-order valence-electron chi connectivity index (χ2n) is 5.43. The van der Waals surface area contributed by atoms with E-state index in [0.29, 0.717) is 12.1 Å². The van der Waals surface area contributed by atoms with E-state index in [2.05, 4.69) is 77.8 Å². The molecule has 104 valence electrons. The van der Waals surface area contributed by atoms with E-state index < -0.39 is 0 Å². The van der Waals surface area contributed by atoms with Crippen molar-refractivity contribution in [3.8, 4) is 0 Å². The normalized spacial score (nSPS) is 16.3. The van der Waals surface area contributed by atoms with Gasteiger partial charge in [0, 0.05) is 19.1 Å². The average Bonchev–Trinajstić information content (AvgIpc) is 2.47. The highest BCUT2D eigenvalue weighted by atomic mass is 15.3. The number of benzene rings is 2. The Hall–Kier alpha value is -1.64. The Morgan fingerprint density at radius 1 is 0.950 bits per heavy atom. The number of nitrogens with zero attached hydrogens (tertiary/aromatic N) is 1. The number of nitrogens with one attached hydrogen (secondary N) is 1. The van der Waals surface area contributed by atoms with Gasteiger partial charge >= 0.3 is 0 Å². The molecule has 2 heteroatoms. The first-order valence-corrected chi connectivity index (χ1v) is 7.46. The van der Waals surface area contributed by atoms with Gasteiger partial charge in [0.15, 0.2) is 0 Å². The summed E-state index contributed by atoms with van der Waals surface area (Å²) >= 11 is 0. The van der Waals surface area contributed by atoms with E-state index in [1.54, 1.807) is 0 Å². The van der Waals surface area contributed by atoms with Crippen LogP contribution in [0.1, 0.15) is 24.1 Å². The van der Waals surface area contributed by atoms with Crippen molar-refractivity contribution >= 4 is 0 Å². The van der Waals surface area contributed by atoms with Crippen LogP contribution >= 0.6 is 0 Å². The van der Waals surface area contributed by atoms with Gasteiger partial charge in [-0.15, -0.1) is 0 Å². The monoisotopic (exact) mass is 266 g/mol. The highest BCUT2D eigenvalue weighted by Crippen LogP contribution is 2.31. The number of likely N-dealkylation sites (tertiary alicyclic amines) is 1. The van der Waals surface area contributed by atoms with Crippen LogP contribution in [-0.4, -0.2) is 30.6 Å². The minimum absolute atomic E-state index is 0.382. The molecule has 0 unspecified atom stereocenters. The van der Waals surface area contributed by atoms with Gasteiger partial charge in [-0.1, -0.05) is 67.6 Å². The number of hydrogen-bond acceptors (Lipinski definition) is 2. The fraction of sp³-hybridized carbons (Fsp3) is 0.333. The van der Waals surface area contributed by atoms with Gasteiger partial charge in [-0.05, 0) is 17.7 Å². The first-order chi connectivity index (χ1) is 9.88. The summed E-state index contributed by atoms with van der Waals surface area (Å²) in [6.45, 7) is 5.49. The summed E-state index contributed by atoms with van der Waals surface area (Å²) in [7, 11) is 0. The lowest BCUT2D eigenvalue weighted by molar-refractivity contribution is 0.0943. The van der Waals surface area contributed by atoms with Gasteiger partial charge in [0.1, 0.15) is 0 Å². The Morgan fingerprint density at radius 2 is 1.45 bits per heavy atom. The zero-order valence-electron chi connectivity index (χ0n) is 12.0. The molecule has 0 atom stereocenters. The zero-order chi connectivity index (χ0) is 13.8. The molecular weight excluding hydrogens is 244 g/mol. The maximum atomic E-state index is 3.53. The predicted molar refractivity (Wildman–Crippen MR) is 83.8 cm³/mol. The van der Waals surface area contributed by atoms with E-state index in [4.69, 9.17) is 0 Å². The summed E-state index contributed by atoms with van der Waals surface area (Å²) in [4.78, 5) is 2.55. The zero-order valence-corrected chi connectivity index (χ0v) is 12.0. The van der Waals surface area contributed by atoms with E-state index in [1.807, 2.05) is 0 Å². The minimum Gasteiger partial charge on any atom is -0.312 e. The summed E-state index contributed by atoms with van der Waals surface area (Å²) in [5.74, 6) is 0. The van der Waals surface area contributed by atoms with Crippen LogP contribution in [0.5, 0.6) is 0 Å². The van der Waals surface area contributed by atoms with E-state index in [9.17, 15) is 0 Å². The molecule has 1 aliphatic heterocycles. The fourth-order valence-corrected chi connectivity index (χ4v) is 3.03. The van der Waals surface area contributed by atoms with Crippen LogP contribution in [0.2, 0.25) is 0 Å². The van der Waals surface area contributed by atoms with Gasteiger partial charge in [0.2, 0.25) is 0 Å². The molecular formula is C18H22N2. The molecule has 1 aliphatic rings. The molecule has 3 rings (SSSR count). The van der Waals surface area contributed by atoms with Crippen molar-refractivity contribution in [2.24, 2.45) is 0 Å². The first-order valence-electron chi connectivity index (χ1n) is 7.46. The van der Waals surface area contributed by atoms with Crippen LogP contribution in [0.3, 0.4) is 0 Å². The van der Waals surface area contributed by atoms with Crippen LogP contribution in [0, 0.1) is 0 Å². The second kappa shape index (κ2) is 6.21. The Bertz CT molecular complexity index is 478. The molecule has 0 aliphatic carbocycles. The Balaban J connectivity index is 1.83. The fourth-order valence-electron chi connectivity index (χ4n) is 3.03.